The van der Waals surface area contributed by atoms with E-state index < -0.39 is 10.5 Å². The number of rotatable bonds is 2. The first-order valence-electron chi connectivity index (χ1n) is 2.62. The van der Waals surface area contributed by atoms with E-state index in [-0.39, 0.29) is 6.42 Å². The first kappa shape index (κ1) is 7.89. The van der Waals surface area contributed by atoms with Gasteiger partial charge in [-0.05, 0) is 0 Å². The second-order valence-electron chi connectivity index (χ2n) is 2.00. The van der Waals surface area contributed by atoms with Gasteiger partial charge in [0.1, 0.15) is 6.07 Å². The molecular formula is C5H8N2O2. The molecule has 1 unspecified atom stereocenters. The zero-order valence-electron chi connectivity index (χ0n) is 5.42. The van der Waals surface area contributed by atoms with E-state index in [1.807, 2.05) is 0 Å². The smallest absolute Gasteiger partial charge is 0.263 e. The summed E-state index contributed by atoms with van der Waals surface area (Å²) in [5, 5.41) is 18.3. The van der Waals surface area contributed by atoms with Gasteiger partial charge < -0.3 is 0 Å². The highest BCUT2D eigenvalue weighted by molar-refractivity contribution is 4.95. The lowest BCUT2D eigenvalue weighted by Gasteiger charge is -2.07. The van der Waals surface area contributed by atoms with Crippen molar-refractivity contribution in [2.45, 2.75) is 25.8 Å². The summed E-state index contributed by atoms with van der Waals surface area (Å²) in [4.78, 5) is 9.50. The van der Waals surface area contributed by atoms with E-state index in [0.717, 1.165) is 0 Å². The molecule has 0 bridgehead atoms. The summed E-state index contributed by atoms with van der Waals surface area (Å²) in [6.07, 6.45) is 0.247. The van der Waals surface area contributed by atoms with Crippen molar-refractivity contribution in [3.63, 3.8) is 0 Å². The Morgan fingerprint density at radius 1 is 1.89 bits per heavy atom. The van der Waals surface area contributed by atoms with Gasteiger partial charge in [0, 0.05) is 18.3 Å². The highest BCUT2D eigenvalue weighted by atomic mass is 16.6. The lowest BCUT2D eigenvalue weighted by Crippen LogP contribution is -2.31. The Labute approximate surface area is 53.2 Å². The van der Waals surface area contributed by atoms with Gasteiger partial charge in [-0.3, -0.25) is 10.1 Å². The average molecular weight is 128 g/mol. The average Bonchev–Trinajstić information content (AvgIpc) is 1.86. The summed E-state index contributed by atoms with van der Waals surface area (Å²) in [7, 11) is 0. The van der Waals surface area contributed by atoms with Crippen molar-refractivity contribution in [3.8, 4) is 6.07 Å². The third kappa shape index (κ3) is 1.39. The van der Waals surface area contributed by atoms with Crippen LogP contribution in [-0.2, 0) is 0 Å². The van der Waals surface area contributed by atoms with Gasteiger partial charge in [-0.1, -0.05) is 6.92 Å². The van der Waals surface area contributed by atoms with Gasteiger partial charge in [0.25, 0.3) is 0 Å². The number of nitrogens with zero attached hydrogens (tertiary/aromatic N) is 2. The normalized spacial score (nSPS) is 15.7. The maximum absolute atomic E-state index is 10.1. The number of hydrogen-bond acceptors (Lipinski definition) is 3. The SMILES string of the molecule is CCC(C)(C#N)[N+](=O)[O-]. The summed E-state index contributed by atoms with van der Waals surface area (Å²) in [5.74, 6) is 0. The van der Waals surface area contributed by atoms with Crippen LogP contribution in [0.2, 0.25) is 0 Å². The van der Waals surface area contributed by atoms with E-state index >= 15 is 0 Å². The Balaban J connectivity index is 4.33. The molecule has 0 radical (unpaired) electrons. The van der Waals surface area contributed by atoms with E-state index in [4.69, 9.17) is 5.26 Å². The second-order valence-corrected chi connectivity index (χ2v) is 2.00. The molecule has 0 aromatic carbocycles. The number of nitriles is 1. The molecular weight excluding hydrogens is 120 g/mol. The van der Waals surface area contributed by atoms with Crippen molar-refractivity contribution in [3.05, 3.63) is 10.1 Å². The molecule has 0 heterocycles. The van der Waals surface area contributed by atoms with Gasteiger partial charge in [-0.25, -0.2) is 0 Å². The Hall–Kier alpha value is -1.11. The van der Waals surface area contributed by atoms with Crippen molar-refractivity contribution >= 4 is 0 Å². The predicted octanol–water partition coefficient (Wildman–Crippen LogP) is 0.955. The second kappa shape index (κ2) is 2.44. The van der Waals surface area contributed by atoms with Gasteiger partial charge in [-0.2, -0.15) is 5.26 Å². The lowest BCUT2D eigenvalue weighted by molar-refractivity contribution is -0.547. The summed E-state index contributed by atoms with van der Waals surface area (Å²) in [5.41, 5.74) is -1.39. The summed E-state index contributed by atoms with van der Waals surface area (Å²) in [6.45, 7) is 2.93. The van der Waals surface area contributed by atoms with E-state index in [1.54, 1.807) is 13.0 Å². The van der Waals surface area contributed by atoms with E-state index in [2.05, 4.69) is 0 Å². The topological polar surface area (TPSA) is 66.9 Å². The Morgan fingerprint density at radius 3 is 2.33 bits per heavy atom. The minimum atomic E-state index is -1.39. The highest BCUT2D eigenvalue weighted by Gasteiger charge is 2.34. The predicted molar refractivity (Wildman–Crippen MR) is 31.3 cm³/mol. The first-order chi connectivity index (χ1) is 4.06. The van der Waals surface area contributed by atoms with Crippen LogP contribution >= 0.6 is 0 Å². The molecule has 9 heavy (non-hydrogen) atoms. The van der Waals surface area contributed by atoms with Crippen LogP contribution in [0.3, 0.4) is 0 Å². The van der Waals surface area contributed by atoms with Gasteiger partial charge in [0.05, 0.1) is 0 Å². The van der Waals surface area contributed by atoms with Crippen LogP contribution < -0.4 is 0 Å². The molecule has 0 aliphatic rings. The van der Waals surface area contributed by atoms with Crippen LogP contribution in [0.15, 0.2) is 0 Å². The van der Waals surface area contributed by atoms with Crippen molar-refractivity contribution in [1.82, 2.24) is 0 Å². The molecule has 50 valence electrons. The molecule has 0 aromatic rings. The lowest BCUT2D eigenvalue weighted by atomic mass is 10.0. The maximum atomic E-state index is 10.1. The van der Waals surface area contributed by atoms with Crippen molar-refractivity contribution < 1.29 is 4.92 Å². The van der Waals surface area contributed by atoms with Crippen molar-refractivity contribution in [1.29, 1.82) is 5.26 Å². The molecule has 0 N–H and O–H groups in total. The third-order valence-corrected chi connectivity index (χ3v) is 1.33. The Kier molecular flexibility index (Phi) is 2.14. The molecule has 0 saturated carbocycles. The fourth-order valence-corrected chi connectivity index (χ4v) is 0.249. The molecule has 0 aromatic heterocycles. The van der Waals surface area contributed by atoms with Crippen molar-refractivity contribution in [2.75, 3.05) is 0 Å². The largest absolute Gasteiger partial charge is 0.302 e. The molecule has 0 fully saturated rings. The van der Waals surface area contributed by atoms with Crippen molar-refractivity contribution in [2.24, 2.45) is 0 Å². The minimum Gasteiger partial charge on any atom is -0.263 e. The summed E-state index contributed by atoms with van der Waals surface area (Å²) < 4.78 is 0. The molecule has 0 aliphatic carbocycles. The minimum absolute atomic E-state index is 0.247. The van der Waals surface area contributed by atoms with E-state index in [0.29, 0.717) is 0 Å². The zero-order valence-corrected chi connectivity index (χ0v) is 5.42. The summed E-state index contributed by atoms with van der Waals surface area (Å²) in [6, 6.07) is 1.63. The van der Waals surface area contributed by atoms with Crippen LogP contribution in [0, 0.1) is 21.4 Å². The molecule has 4 nitrogen and oxygen atoms in total. The molecule has 0 rings (SSSR count). The number of hydrogen-bond donors (Lipinski definition) is 0. The standard InChI is InChI=1S/C5H8N2O2/c1-3-5(2,4-6)7(8)9/h3H2,1-2H3. The molecule has 0 aliphatic heterocycles. The fraction of sp³-hybridized carbons (Fsp3) is 0.800. The Morgan fingerprint density at radius 2 is 2.33 bits per heavy atom. The Bertz CT molecular complexity index is 161. The fourth-order valence-electron chi connectivity index (χ4n) is 0.249. The molecule has 4 heteroatoms. The van der Waals surface area contributed by atoms with E-state index in [9.17, 15) is 10.1 Å². The van der Waals surface area contributed by atoms with Crippen LogP contribution in [0.4, 0.5) is 0 Å². The van der Waals surface area contributed by atoms with Gasteiger partial charge >= 0.3 is 5.54 Å². The van der Waals surface area contributed by atoms with E-state index in [1.165, 1.54) is 6.92 Å². The number of nitro groups is 1. The monoisotopic (exact) mass is 128 g/mol. The van der Waals surface area contributed by atoms with Gasteiger partial charge in [0.15, 0.2) is 0 Å². The zero-order chi connectivity index (χ0) is 7.49. The highest BCUT2D eigenvalue weighted by Crippen LogP contribution is 2.10. The third-order valence-electron chi connectivity index (χ3n) is 1.33. The summed E-state index contributed by atoms with van der Waals surface area (Å²) >= 11 is 0. The molecule has 0 spiro atoms. The van der Waals surface area contributed by atoms with Crippen LogP contribution in [-0.4, -0.2) is 10.5 Å². The first-order valence-corrected chi connectivity index (χ1v) is 2.62. The van der Waals surface area contributed by atoms with Gasteiger partial charge in [-0.15, -0.1) is 0 Å². The maximum Gasteiger partial charge on any atom is 0.302 e. The quantitative estimate of drug-likeness (QED) is 0.410. The molecule has 1 atom stereocenters. The molecule has 0 saturated heterocycles. The van der Waals surface area contributed by atoms with Crippen LogP contribution in [0.1, 0.15) is 20.3 Å². The van der Waals surface area contributed by atoms with Crippen LogP contribution in [0.25, 0.3) is 0 Å². The van der Waals surface area contributed by atoms with Crippen LogP contribution in [0.5, 0.6) is 0 Å². The molecule has 0 amide bonds. The van der Waals surface area contributed by atoms with Gasteiger partial charge in [0.2, 0.25) is 0 Å².